The predicted molar refractivity (Wildman–Crippen MR) is 111 cm³/mol. The molecule has 0 aliphatic carbocycles. The first-order valence-corrected chi connectivity index (χ1v) is 9.74. The fraction of sp³-hybridized carbons (Fsp3) is 0.500. The first-order valence-electron chi connectivity index (χ1n) is 7.92. The topological polar surface area (TPSA) is 133 Å². The average molecular weight is 462 g/mol. The molecule has 4 atom stereocenters. The van der Waals surface area contributed by atoms with Crippen LogP contribution in [0.1, 0.15) is 25.3 Å². The number of thiophene rings is 1. The van der Waals surface area contributed by atoms with Crippen LogP contribution in [0.25, 0.3) is 0 Å². The molecule has 1 unspecified atom stereocenters. The second-order valence-electron chi connectivity index (χ2n) is 6.78. The molecular formula is C16H20N2Na2O7S2. The van der Waals surface area contributed by atoms with Gasteiger partial charge in [0.2, 0.25) is 5.91 Å². The minimum absolute atomic E-state index is 0. The van der Waals surface area contributed by atoms with Crippen LogP contribution in [0.4, 0.5) is 0 Å². The number of aliphatic carboxylic acids is 2. The monoisotopic (exact) mass is 462 g/mol. The van der Waals surface area contributed by atoms with Crippen LogP contribution in [0, 0.1) is 0 Å². The van der Waals surface area contributed by atoms with Gasteiger partial charge in [-0.3, -0.25) is 14.4 Å². The van der Waals surface area contributed by atoms with Crippen molar-refractivity contribution in [3.8, 4) is 0 Å². The minimum atomic E-state index is -1.80. The number of carbonyl (C=O) groups is 4. The Morgan fingerprint density at radius 2 is 1.90 bits per heavy atom. The molecule has 3 rings (SSSR count). The van der Waals surface area contributed by atoms with Crippen molar-refractivity contribution in [2.24, 2.45) is 0 Å². The van der Waals surface area contributed by atoms with Gasteiger partial charge in [0.15, 0.2) is 5.92 Å². The van der Waals surface area contributed by atoms with E-state index in [1.807, 2.05) is 0 Å². The van der Waals surface area contributed by atoms with E-state index in [4.69, 9.17) is 4.74 Å². The molecule has 29 heavy (non-hydrogen) atoms. The Hall–Kier alpha value is -0.110. The number of nitrogens with one attached hydrogen (secondary N) is 1. The molecular weight excluding hydrogens is 442 g/mol. The van der Waals surface area contributed by atoms with Gasteiger partial charge < -0.3 is 25.2 Å². The first kappa shape index (κ1) is 26.9. The van der Waals surface area contributed by atoms with E-state index in [2.05, 4.69) is 5.32 Å². The van der Waals surface area contributed by atoms with E-state index in [0.29, 0.717) is 5.56 Å². The summed E-state index contributed by atoms with van der Waals surface area (Å²) in [7, 11) is 1.22. The number of carboxylic acid groups (broad SMARTS) is 2. The number of β-lactam (4-membered cyclic amide) rings is 1. The van der Waals surface area contributed by atoms with Gasteiger partial charge in [-0.1, -0.05) is 0 Å². The van der Waals surface area contributed by atoms with Crippen LogP contribution in [0.15, 0.2) is 16.8 Å². The number of thioether (sulfide) groups is 1. The van der Waals surface area contributed by atoms with Crippen molar-refractivity contribution >= 4 is 106 Å². The van der Waals surface area contributed by atoms with E-state index in [-0.39, 0.29) is 59.1 Å². The van der Waals surface area contributed by atoms with Gasteiger partial charge in [-0.25, -0.2) is 4.79 Å². The zero-order valence-electron chi connectivity index (χ0n) is 14.7. The zero-order valence-corrected chi connectivity index (χ0v) is 16.3. The molecule has 9 nitrogen and oxygen atoms in total. The van der Waals surface area contributed by atoms with Crippen LogP contribution in [0.5, 0.6) is 0 Å². The standard InChI is InChI=1S/C16H18N2O7S2.2Na.2H/c1-15(2)9(12(22)23)18-13(24)16(25-3,14(18)27-15)17-10(19)8(11(20)21)7-4-5-26-6-7;;;;/h4-6,8-9,14H,1-3H3,(H,17,19)(H,20,21)(H,22,23);;;;/t8?,9-,14+,16-;;;;/m0..../s1. The van der Waals surface area contributed by atoms with Crippen LogP contribution >= 0.6 is 23.1 Å². The van der Waals surface area contributed by atoms with Crippen LogP contribution in [-0.4, -0.2) is 127 Å². The van der Waals surface area contributed by atoms with Crippen molar-refractivity contribution in [1.29, 1.82) is 0 Å². The van der Waals surface area contributed by atoms with Gasteiger partial charge in [-0.2, -0.15) is 11.3 Å². The third-order valence-electron chi connectivity index (χ3n) is 4.76. The number of fused-ring (bicyclic) bond motifs is 1. The summed E-state index contributed by atoms with van der Waals surface area (Å²) in [6.45, 7) is 3.38. The van der Waals surface area contributed by atoms with Crippen molar-refractivity contribution in [1.82, 2.24) is 10.2 Å². The summed E-state index contributed by atoms with van der Waals surface area (Å²) in [6, 6.07) is 0.443. The molecule has 1 aromatic rings. The maximum absolute atomic E-state index is 12.8. The van der Waals surface area contributed by atoms with Crippen molar-refractivity contribution in [3.63, 3.8) is 0 Å². The van der Waals surface area contributed by atoms with Gasteiger partial charge in [-0.15, -0.1) is 11.8 Å². The molecule has 0 radical (unpaired) electrons. The molecule has 2 aliphatic rings. The Balaban J connectivity index is 0.00000210. The number of carboxylic acids is 2. The summed E-state index contributed by atoms with van der Waals surface area (Å²) in [4.78, 5) is 49.9. The molecule has 0 aromatic carbocycles. The van der Waals surface area contributed by atoms with Gasteiger partial charge in [0.25, 0.3) is 11.6 Å². The van der Waals surface area contributed by atoms with Gasteiger partial charge in [0.05, 0.1) is 0 Å². The number of hydrogen-bond donors (Lipinski definition) is 3. The van der Waals surface area contributed by atoms with E-state index < -0.39 is 51.6 Å². The summed E-state index contributed by atoms with van der Waals surface area (Å²) in [5.41, 5.74) is -1.50. The number of methoxy groups -OCH3 is 1. The molecule has 1 aromatic heterocycles. The quantitative estimate of drug-likeness (QED) is 0.217. The molecule has 0 bridgehead atoms. The van der Waals surface area contributed by atoms with Crippen molar-refractivity contribution in [2.75, 3.05) is 7.11 Å². The third kappa shape index (κ3) is 4.31. The molecule has 13 heteroatoms. The van der Waals surface area contributed by atoms with Crippen molar-refractivity contribution < 1.29 is 34.1 Å². The van der Waals surface area contributed by atoms with E-state index in [1.54, 1.807) is 24.6 Å². The Kier molecular flexibility index (Phi) is 8.89. The first-order chi connectivity index (χ1) is 12.6. The summed E-state index contributed by atoms with van der Waals surface area (Å²) >= 11 is 2.43. The summed E-state index contributed by atoms with van der Waals surface area (Å²) in [6.07, 6.45) is 0. The molecule has 2 fully saturated rings. The molecule has 0 saturated carbocycles. The summed E-state index contributed by atoms with van der Waals surface area (Å²) in [5.74, 6) is -5.61. The van der Waals surface area contributed by atoms with E-state index >= 15 is 0 Å². The van der Waals surface area contributed by atoms with E-state index in [0.717, 1.165) is 4.90 Å². The average Bonchev–Trinajstić information content (AvgIpc) is 3.16. The van der Waals surface area contributed by atoms with Crippen LogP contribution < -0.4 is 5.32 Å². The fourth-order valence-corrected chi connectivity index (χ4v) is 5.84. The normalized spacial score (nSPS) is 27.6. The van der Waals surface area contributed by atoms with Gasteiger partial charge >= 0.3 is 71.1 Å². The zero-order chi connectivity index (χ0) is 20.1. The Bertz CT molecular complexity index is 820. The van der Waals surface area contributed by atoms with E-state index in [1.165, 1.54) is 36.3 Å². The Labute approximate surface area is 219 Å². The van der Waals surface area contributed by atoms with Crippen molar-refractivity contribution in [2.45, 2.75) is 41.7 Å². The van der Waals surface area contributed by atoms with Gasteiger partial charge in [-0.05, 0) is 36.2 Å². The SMILES string of the molecule is CO[C@@]1(NC(=O)C(C(=O)O)c2ccsc2)C(=O)N2[C@@H](C(=O)O)C(C)(C)S[C@@H]21.[NaH].[NaH]. The summed E-state index contributed by atoms with van der Waals surface area (Å²) in [5, 5.41) is 23.8. The molecule has 150 valence electrons. The molecule has 2 aliphatic heterocycles. The van der Waals surface area contributed by atoms with Gasteiger partial charge in [0.1, 0.15) is 11.4 Å². The fourth-order valence-electron chi connectivity index (χ4n) is 3.48. The maximum atomic E-state index is 12.8. The van der Waals surface area contributed by atoms with Crippen LogP contribution in [0.2, 0.25) is 0 Å². The number of amides is 2. The summed E-state index contributed by atoms with van der Waals surface area (Å²) < 4.78 is 4.50. The third-order valence-corrected chi connectivity index (χ3v) is 7.07. The molecule has 3 N–H and O–H groups in total. The number of carbonyl (C=O) groups excluding carboxylic acids is 2. The molecule has 2 saturated heterocycles. The number of hydrogen-bond acceptors (Lipinski definition) is 7. The van der Waals surface area contributed by atoms with Crippen molar-refractivity contribution in [3.05, 3.63) is 22.4 Å². The molecule has 3 heterocycles. The molecule has 2 amide bonds. The number of nitrogens with zero attached hydrogens (tertiary/aromatic N) is 1. The van der Waals surface area contributed by atoms with Crippen LogP contribution in [0.3, 0.4) is 0 Å². The van der Waals surface area contributed by atoms with Crippen LogP contribution in [-0.2, 0) is 23.9 Å². The Morgan fingerprint density at radius 3 is 2.34 bits per heavy atom. The van der Waals surface area contributed by atoms with E-state index in [9.17, 15) is 29.4 Å². The second kappa shape index (κ2) is 9.58. The Morgan fingerprint density at radius 1 is 1.28 bits per heavy atom. The predicted octanol–water partition coefficient (Wildman–Crippen LogP) is -0.775. The van der Waals surface area contributed by atoms with Gasteiger partial charge in [0, 0.05) is 11.9 Å². The second-order valence-corrected chi connectivity index (χ2v) is 9.30. The molecule has 0 spiro atoms. The number of rotatable bonds is 6. The number of ether oxygens (including phenoxy) is 1.